The van der Waals surface area contributed by atoms with Crippen LogP contribution >= 0.6 is 0 Å². The molecule has 0 aromatic rings. The first-order valence-corrected chi connectivity index (χ1v) is 24.7. The van der Waals surface area contributed by atoms with E-state index in [1.807, 2.05) is 6.08 Å². The van der Waals surface area contributed by atoms with Crippen LogP contribution in [-0.2, 0) is 23.8 Å². The van der Waals surface area contributed by atoms with Crippen LogP contribution in [0.2, 0.25) is 0 Å². The van der Waals surface area contributed by atoms with Crippen molar-refractivity contribution in [1.82, 2.24) is 0 Å². The van der Waals surface area contributed by atoms with Gasteiger partial charge in [-0.1, -0.05) is 187 Å². The van der Waals surface area contributed by atoms with Crippen LogP contribution in [0.25, 0.3) is 0 Å². The molecule has 0 radical (unpaired) electrons. The minimum Gasteiger partial charge on any atom is -0.462 e. The average Bonchev–Trinajstić information content (AvgIpc) is 3.27. The van der Waals surface area contributed by atoms with Crippen LogP contribution < -0.4 is 0 Å². The Bertz CT molecular complexity index is 1330. The lowest BCUT2D eigenvalue weighted by Crippen LogP contribution is -2.30. The first kappa shape index (κ1) is 58.0. The van der Waals surface area contributed by atoms with Crippen LogP contribution in [0.3, 0.4) is 0 Å². The Morgan fingerprint density at radius 2 is 0.758 bits per heavy atom. The molecule has 0 saturated carbocycles. The second-order valence-electron chi connectivity index (χ2n) is 15.6. The maximum Gasteiger partial charge on any atom is 0.306 e. The Kier molecular flexibility index (Phi) is 48.1. The zero-order valence-corrected chi connectivity index (χ0v) is 39.8. The molecule has 348 valence electrons. The second-order valence-corrected chi connectivity index (χ2v) is 15.6. The number of carbonyl (C=O) groups excluding carboxylic acids is 2. The first-order valence-electron chi connectivity index (χ1n) is 24.7. The summed E-state index contributed by atoms with van der Waals surface area (Å²) >= 11 is 0. The lowest BCUT2D eigenvalue weighted by Gasteiger charge is -2.18. The molecule has 0 aliphatic rings. The van der Waals surface area contributed by atoms with Crippen LogP contribution in [0.4, 0.5) is 0 Å². The van der Waals surface area contributed by atoms with Crippen molar-refractivity contribution in [2.75, 3.05) is 19.8 Å². The standard InChI is InChI=1S/C57H90O5/c1-4-7-10-13-16-19-22-25-27-28-29-31-34-37-40-43-46-49-52-60-53-55(62-57(59)51-48-45-42-39-36-32-24-21-18-15-12-9-6-3)54-61-56(58)50-47-44-41-38-35-33-30-26-23-20-17-14-11-8-5-2/h7,9-10,12,16-21,25-27,29-32,36-37,40,42,45,55H,4-6,8,11,13-15,22-24,28,33-35,38-39,41,43-44,46-54H2,1-3H3/b10-7-,12-9-,19-16-,20-17-,21-18-,27-25-,30-26-,31-29-,36-32-,40-37-,45-42-. The minimum atomic E-state index is -0.612. The predicted octanol–water partition coefficient (Wildman–Crippen LogP) is 16.8. The molecule has 0 spiro atoms. The Morgan fingerprint density at radius 1 is 0.371 bits per heavy atom. The van der Waals surface area contributed by atoms with Gasteiger partial charge in [0.1, 0.15) is 6.61 Å². The summed E-state index contributed by atoms with van der Waals surface area (Å²) < 4.78 is 17.2. The summed E-state index contributed by atoms with van der Waals surface area (Å²) in [5, 5.41) is 0. The number of rotatable bonds is 43. The van der Waals surface area contributed by atoms with Crippen molar-refractivity contribution in [3.63, 3.8) is 0 Å². The number of carbonyl (C=O) groups is 2. The fraction of sp³-hybridized carbons (Fsp3) is 0.579. The summed E-state index contributed by atoms with van der Waals surface area (Å²) in [6.45, 7) is 7.35. The Balaban J connectivity index is 4.49. The van der Waals surface area contributed by atoms with Gasteiger partial charge in [0.15, 0.2) is 6.10 Å². The van der Waals surface area contributed by atoms with Crippen molar-refractivity contribution in [2.24, 2.45) is 0 Å². The maximum absolute atomic E-state index is 12.7. The van der Waals surface area contributed by atoms with E-state index in [0.717, 1.165) is 109 Å². The SMILES string of the molecule is CC/C=C\C/C=C\C/C=C\C/C=C\C/C=C\CCCCOCC(COC(=O)CCCCCCC/C=C\C/C=C\CCCCC)OC(=O)CC/C=C\C/C=C\C/C=C\C/C=C\CC. The Morgan fingerprint density at radius 3 is 1.23 bits per heavy atom. The molecule has 5 heteroatoms. The smallest absolute Gasteiger partial charge is 0.306 e. The van der Waals surface area contributed by atoms with Gasteiger partial charge in [0, 0.05) is 19.4 Å². The van der Waals surface area contributed by atoms with Gasteiger partial charge in [-0.3, -0.25) is 9.59 Å². The van der Waals surface area contributed by atoms with Gasteiger partial charge in [0.2, 0.25) is 0 Å². The number of ether oxygens (including phenoxy) is 3. The molecule has 0 aliphatic heterocycles. The highest BCUT2D eigenvalue weighted by Gasteiger charge is 2.17. The van der Waals surface area contributed by atoms with E-state index < -0.39 is 6.10 Å². The van der Waals surface area contributed by atoms with Gasteiger partial charge in [0.25, 0.3) is 0 Å². The summed E-state index contributed by atoms with van der Waals surface area (Å²) in [5.74, 6) is -0.544. The third kappa shape index (κ3) is 48.7. The van der Waals surface area contributed by atoms with E-state index in [-0.39, 0.29) is 31.6 Å². The molecule has 0 aromatic carbocycles. The molecule has 62 heavy (non-hydrogen) atoms. The van der Waals surface area contributed by atoms with Crippen molar-refractivity contribution < 1.29 is 23.8 Å². The summed E-state index contributed by atoms with van der Waals surface area (Å²) in [6, 6.07) is 0. The lowest BCUT2D eigenvalue weighted by atomic mass is 10.1. The molecular formula is C57H90O5. The normalized spacial score (nSPS) is 13.4. The van der Waals surface area contributed by atoms with Crippen molar-refractivity contribution in [1.29, 1.82) is 0 Å². The summed E-state index contributed by atoms with van der Waals surface area (Å²) in [5.41, 5.74) is 0. The van der Waals surface area contributed by atoms with E-state index in [2.05, 4.69) is 148 Å². The molecule has 0 aromatic heterocycles. The van der Waals surface area contributed by atoms with Crippen molar-refractivity contribution in [3.05, 3.63) is 134 Å². The topological polar surface area (TPSA) is 61.8 Å². The summed E-state index contributed by atoms with van der Waals surface area (Å²) in [6.07, 6.45) is 73.3. The van der Waals surface area contributed by atoms with E-state index in [1.54, 1.807) is 0 Å². The molecule has 1 unspecified atom stereocenters. The Hall–Kier alpha value is -3.96. The van der Waals surface area contributed by atoms with Crippen LogP contribution in [0, 0.1) is 0 Å². The summed E-state index contributed by atoms with van der Waals surface area (Å²) in [7, 11) is 0. The molecule has 0 aliphatic carbocycles. The number of esters is 2. The average molecular weight is 855 g/mol. The molecule has 0 rings (SSSR count). The van der Waals surface area contributed by atoms with E-state index in [0.29, 0.717) is 19.4 Å². The number of allylic oxidation sites excluding steroid dienone is 22. The minimum absolute atomic E-state index is 0.0227. The molecule has 0 N–H and O–H groups in total. The fourth-order valence-electron chi connectivity index (χ4n) is 6.05. The summed E-state index contributed by atoms with van der Waals surface area (Å²) in [4.78, 5) is 25.3. The first-order chi connectivity index (χ1) is 30.6. The van der Waals surface area contributed by atoms with E-state index >= 15 is 0 Å². The zero-order valence-electron chi connectivity index (χ0n) is 39.8. The van der Waals surface area contributed by atoms with Crippen LogP contribution in [-0.4, -0.2) is 37.9 Å². The van der Waals surface area contributed by atoms with Gasteiger partial charge in [-0.2, -0.15) is 0 Å². The molecule has 0 bridgehead atoms. The quantitative estimate of drug-likeness (QED) is 0.0347. The number of hydrogen-bond acceptors (Lipinski definition) is 5. The predicted molar refractivity (Wildman–Crippen MR) is 269 cm³/mol. The van der Waals surface area contributed by atoms with Gasteiger partial charge in [-0.15, -0.1) is 0 Å². The van der Waals surface area contributed by atoms with Gasteiger partial charge >= 0.3 is 11.9 Å². The third-order valence-electron chi connectivity index (χ3n) is 9.66. The van der Waals surface area contributed by atoms with Gasteiger partial charge < -0.3 is 14.2 Å². The second kappa shape index (κ2) is 51.4. The zero-order chi connectivity index (χ0) is 44.9. The van der Waals surface area contributed by atoms with Gasteiger partial charge in [-0.25, -0.2) is 0 Å². The maximum atomic E-state index is 12.7. The molecule has 1 atom stereocenters. The largest absolute Gasteiger partial charge is 0.462 e. The number of unbranched alkanes of at least 4 members (excludes halogenated alkanes) is 10. The highest BCUT2D eigenvalue weighted by Crippen LogP contribution is 2.10. The molecule has 5 nitrogen and oxygen atoms in total. The van der Waals surface area contributed by atoms with E-state index in [1.165, 1.54) is 38.5 Å². The Labute approximate surface area is 381 Å². The highest BCUT2D eigenvalue weighted by atomic mass is 16.6. The molecular weight excluding hydrogens is 765 g/mol. The molecule has 0 fully saturated rings. The van der Waals surface area contributed by atoms with Crippen molar-refractivity contribution in [2.45, 2.75) is 194 Å². The van der Waals surface area contributed by atoms with Crippen LogP contribution in [0.15, 0.2) is 134 Å². The van der Waals surface area contributed by atoms with Crippen molar-refractivity contribution in [3.8, 4) is 0 Å². The van der Waals surface area contributed by atoms with Gasteiger partial charge in [-0.05, 0) is 122 Å². The van der Waals surface area contributed by atoms with Crippen molar-refractivity contribution >= 4 is 11.9 Å². The van der Waals surface area contributed by atoms with E-state index in [4.69, 9.17) is 14.2 Å². The third-order valence-corrected chi connectivity index (χ3v) is 9.66. The molecule has 0 heterocycles. The molecule has 0 amide bonds. The van der Waals surface area contributed by atoms with Crippen LogP contribution in [0.5, 0.6) is 0 Å². The number of hydrogen-bond donors (Lipinski definition) is 0. The fourth-order valence-corrected chi connectivity index (χ4v) is 6.05. The lowest BCUT2D eigenvalue weighted by molar-refractivity contribution is -0.162. The van der Waals surface area contributed by atoms with E-state index in [9.17, 15) is 9.59 Å². The molecule has 0 saturated heterocycles. The monoisotopic (exact) mass is 855 g/mol. The highest BCUT2D eigenvalue weighted by molar-refractivity contribution is 5.70. The van der Waals surface area contributed by atoms with Gasteiger partial charge in [0.05, 0.1) is 6.61 Å². The van der Waals surface area contributed by atoms with Crippen LogP contribution in [0.1, 0.15) is 188 Å².